The van der Waals surface area contributed by atoms with Crippen LogP contribution in [0.15, 0.2) is 18.2 Å². The van der Waals surface area contributed by atoms with Gasteiger partial charge in [0.25, 0.3) is 0 Å². The minimum atomic E-state index is 0.860. The minimum absolute atomic E-state index is 0.860. The lowest BCUT2D eigenvalue weighted by Crippen LogP contribution is -2.37. The number of hydrogen-bond donors (Lipinski definition) is 0. The zero-order valence-electron chi connectivity index (χ0n) is 13.9. The summed E-state index contributed by atoms with van der Waals surface area (Å²) in [6.45, 7) is 13.3. The molecule has 2 aliphatic rings. The van der Waals surface area contributed by atoms with Crippen LogP contribution in [-0.2, 0) is 0 Å². The minimum Gasteiger partial charge on any atom is -0.371 e. The molecule has 2 aliphatic heterocycles. The van der Waals surface area contributed by atoms with Gasteiger partial charge in [-0.25, -0.2) is 0 Å². The van der Waals surface area contributed by atoms with Crippen LogP contribution in [0.1, 0.15) is 37.3 Å². The summed E-state index contributed by atoms with van der Waals surface area (Å²) in [7, 11) is 0. The number of rotatable bonds is 3. The van der Waals surface area contributed by atoms with E-state index in [2.05, 4.69) is 48.8 Å². The van der Waals surface area contributed by atoms with Crippen molar-refractivity contribution in [3.05, 3.63) is 29.3 Å². The fourth-order valence-corrected chi connectivity index (χ4v) is 3.89. The molecule has 2 fully saturated rings. The van der Waals surface area contributed by atoms with Crippen molar-refractivity contribution in [2.45, 2.75) is 40.0 Å². The smallest absolute Gasteiger partial charge is 0.0398 e. The van der Waals surface area contributed by atoms with E-state index < -0.39 is 0 Å². The summed E-state index contributed by atoms with van der Waals surface area (Å²) in [4.78, 5) is 5.32. The summed E-state index contributed by atoms with van der Waals surface area (Å²) in [6.07, 6.45) is 4.15. The Bertz CT molecular complexity index is 474. The number of anilines is 1. The highest BCUT2D eigenvalue weighted by Gasteiger charge is 2.26. The third-order valence-corrected chi connectivity index (χ3v) is 5.60. The molecule has 2 nitrogen and oxygen atoms in total. The average molecular weight is 286 g/mol. The molecule has 21 heavy (non-hydrogen) atoms. The van der Waals surface area contributed by atoms with Gasteiger partial charge in [0.1, 0.15) is 0 Å². The van der Waals surface area contributed by atoms with E-state index in [4.69, 9.17) is 0 Å². The maximum Gasteiger partial charge on any atom is 0.0398 e. The maximum absolute atomic E-state index is 2.71. The van der Waals surface area contributed by atoms with Crippen LogP contribution >= 0.6 is 0 Å². The van der Waals surface area contributed by atoms with E-state index in [9.17, 15) is 0 Å². The second-order valence-electron chi connectivity index (χ2n) is 7.30. The molecular formula is C19H30N2. The molecule has 0 bridgehead atoms. The number of piperidine rings is 1. The number of benzene rings is 1. The summed E-state index contributed by atoms with van der Waals surface area (Å²) < 4.78 is 0. The molecule has 1 atom stereocenters. The van der Waals surface area contributed by atoms with E-state index in [1.54, 1.807) is 0 Å². The van der Waals surface area contributed by atoms with Gasteiger partial charge >= 0.3 is 0 Å². The lowest BCUT2D eigenvalue weighted by Gasteiger charge is -2.32. The van der Waals surface area contributed by atoms with Crippen LogP contribution in [0.25, 0.3) is 0 Å². The van der Waals surface area contributed by atoms with Gasteiger partial charge in [0, 0.05) is 25.3 Å². The summed E-state index contributed by atoms with van der Waals surface area (Å²) in [5.74, 6) is 1.80. The Labute approximate surface area is 130 Å². The molecule has 1 aromatic rings. The van der Waals surface area contributed by atoms with Crippen molar-refractivity contribution in [1.82, 2.24) is 4.90 Å². The quantitative estimate of drug-likeness (QED) is 0.832. The first-order valence-electron chi connectivity index (χ1n) is 8.67. The standard InChI is InChI=1S/C19H30N2/c1-15-7-10-20(11-8-15)13-18-9-12-21(14-18)19-6-4-5-16(2)17(19)3/h4-6,15,18H,7-14H2,1-3H3/t18-/m1/s1. The van der Waals surface area contributed by atoms with E-state index in [0.29, 0.717) is 0 Å². The molecule has 1 aromatic carbocycles. The second kappa shape index (κ2) is 6.39. The van der Waals surface area contributed by atoms with Crippen LogP contribution < -0.4 is 4.90 Å². The van der Waals surface area contributed by atoms with E-state index in [1.165, 1.54) is 68.8 Å². The molecule has 0 saturated carbocycles. The van der Waals surface area contributed by atoms with Gasteiger partial charge in [-0.2, -0.15) is 0 Å². The Hall–Kier alpha value is -1.02. The molecule has 3 rings (SSSR count). The zero-order valence-corrected chi connectivity index (χ0v) is 13.9. The monoisotopic (exact) mass is 286 g/mol. The molecule has 0 amide bonds. The predicted octanol–water partition coefficient (Wildman–Crippen LogP) is 3.86. The molecule has 2 saturated heterocycles. The van der Waals surface area contributed by atoms with Crippen LogP contribution in [-0.4, -0.2) is 37.6 Å². The predicted molar refractivity (Wildman–Crippen MR) is 91.1 cm³/mol. The van der Waals surface area contributed by atoms with Crippen LogP contribution in [0.5, 0.6) is 0 Å². The van der Waals surface area contributed by atoms with Gasteiger partial charge in [-0.3, -0.25) is 0 Å². The van der Waals surface area contributed by atoms with Gasteiger partial charge in [-0.15, -0.1) is 0 Å². The highest BCUT2D eigenvalue weighted by atomic mass is 15.2. The van der Waals surface area contributed by atoms with Crippen molar-refractivity contribution in [3.8, 4) is 0 Å². The largest absolute Gasteiger partial charge is 0.371 e. The number of aryl methyl sites for hydroxylation is 1. The maximum atomic E-state index is 2.71. The van der Waals surface area contributed by atoms with E-state index in [-0.39, 0.29) is 0 Å². The van der Waals surface area contributed by atoms with Crippen molar-refractivity contribution in [2.24, 2.45) is 11.8 Å². The van der Waals surface area contributed by atoms with Gasteiger partial charge in [-0.1, -0.05) is 19.1 Å². The van der Waals surface area contributed by atoms with Gasteiger partial charge in [0.05, 0.1) is 0 Å². The summed E-state index contributed by atoms with van der Waals surface area (Å²) in [6, 6.07) is 6.73. The third kappa shape index (κ3) is 3.42. The average Bonchev–Trinajstić information content (AvgIpc) is 2.93. The van der Waals surface area contributed by atoms with Gasteiger partial charge in [0.15, 0.2) is 0 Å². The number of hydrogen-bond acceptors (Lipinski definition) is 2. The van der Waals surface area contributed by atoms with Crippen LogP contribution in [0.4, 0.5) is 5.69 Å². The Morgan fingerprint density at radius 1 is 1.05 bits per heavy atom. The molecule has 116 valence electrons. The van der Waals surface area contributed by atoms with E-state index in [0.717, 1.165) is 11.8 Å². The molecule has 2 heteroatoms. The molecule has 2 heterocycles. The topological polar surface area (TPSA) is 6.48 Å². The van der Waals surface area contributed by atoms with Crippen molar-refractivity contribution >= 4 is 5.69 Å². The molecule has 0 unspecified atom stereocenters. The first-order valence-corrected chi connectivity index (χ1v) is 8.67. The van der Waals surface area contributed by atoms with Gasteiger partial charge < -0.3 is 9.80 Å². The van der Waals surface area contributed by atoms with E-state index >= 15 is 0 Å². The van der Waals surface area contributed by atoms with Crippen molar-refractivity contribution in [2.75, 3.05) is 37.6 Å². The first kappa shape index (κ1) is 14.9. The summed E-state index contributed by atoms with van der Waals surface area (Å²) in [5, 5.41) is 0. The van der Waals surface area contributed by atoms with Crippen molar-refractivity contribution in [3.63, 3.8) is 0 Å². The molecule has 0 aromatic heterocycles. The van der Waals surface area contributed by atoms with Crippen LogP contribution in [0, 0.1) is 25.7 Å². The first-order chi connectivity index (χ1) is 10.1. The Morgan fingerprint density at radius 3 is 2.57 bits per heavy atom. The third-order valence-electron chi connectivity index (χ3n) is 5.60. The van der Waals surface area contributed by atoms with Crippen molar-refractivity contribution in [1.29, 1.82) is 0 Å². The zero-order chi connectivity index (χ0) is 14.8. The summed E-state index contributed by atoms with van der Waals surface area (Å²) >= 11 is 0. The summed E-state index contributed by atoms with van der Waals surface area (Å²) in [5.41, 5.74) is 4.34. The van der Waals surface area contributed by atoms with Crippen LogP contribution in [0.2, 0.25) is 0 Å². The fourth-order valence-electron chi connectivity index (χ4n) is 3.89. The molecule has 0 radical (unpaired) electrons. The fraction of sp³-hybridized carbons (Fsp3) is 0.684. The Morgan fingerprint density at radius 2 is 1.81 bits per heavy atom. The highest BCUT2D eigenvalue weighted by molar-refractivity contribution is 5.56. The van der Waals surface area contributed by atoms with Crippen molar-refractivity contribution < 1.29 is 0 Å². The number of nitrogens with zero attached hydrogens (tertiary/aromatic N) is 2. The molecule has 0 N–H and O–H groups in total. The normalized spacial score (nSPS) is 24.7. The number of likely N-dealkylation sites (tertiary alicyclic amines) is 1. The van der Waals surface area contributed by atoms with Gasteiger partial charge in [0.2, 0.25) is 0 Å². The van der Waals surface area contributed by atoms with Gasteiger partial charge in [-0.05, 0) is 75.2 Å². The lowest BCUT2D eigenvalue weighted by atomic mass is 9.98. The van der Waals surface area contributed by atoms with Crippen LogP contribution in [0.3, 0.4) is 0 Å². The van der Waals surface area contributed by atoms with E-state index in [1.807, 2.05) is 0 Å². The Kier molecular flexibility index (Phi) is 4.54. The molecular weight excluding hydrogens is 256 g/mol. The SMILES string of the molecule is Cc1cccc(N2CC[C@H](CN3CCC(C)CC3)C2)c1C. The Balaban J connectivity index is 1.57. The second-order valence-corrected chi connectivity index (χ2v) is 7.30. The highest BCUT2D eigenvalue weighted by Crippen LogP contribution is 2.29. The molecule has 0 aliphatic carbocycles. The lowest BCUT2D eigenvalue weighted by molar-refractivity contribution is 0.171. The molecule has 0 spiro atoms.